The maximum Gasteiger partial charge on any atom is 0.339 e. The number of carbonyl (C=O) groups is 3. The topological polar surface area (TPSA) is 88.1 Å². The van der Waals surface area contributed by atoms with Crippen LogP contribution in [0.2, 0.25) is 0 Å². The Morgan fingerprint density at radius 1 is 0.879 bits per heavy atom. The van der Waals surface area contributed by atoms with Crippen LogP contribution < -0.4 is 14.2 Å². The first-order valence-electron chi connectivity index (χ1n) is 10.1. The molecule has 0 N–H and O–H groups in total. The van der Waals surface area contributed by atoms with Crippen LogP contribution in [0.3, 0.4) is 0 Å². The van der Waals surface area contributed by atoms with Crippen molar-refractivity contribution < 1.29 is 42.1 Å². The fourth-order valence-corrected chi connectivity index (χ4v) is 4.37. The maximum atomic E-state index is 14.9. The Kier molecular flexibility index (Phi) is 4.59. The molecule has 1 saturated heterocycles. The van der Waals surface area contributed by atoms with E-state index in [1.807, 2.05) is 0 Å². The van der Waals surface area contributed by atoms with Gasteiger partial charge in [0.05, 0.1) is 16.7 Å². The molecule has 33 heavy (non-hydrogen) atoms. The van der Waals surface area contributed by atoms with Crippen LogP contribution in [0, 0.1) is 11.6 Å². The lowest BCUT2D eigenvalue weighted by atomic mass is 9.75. The number of ether oxygens (including phenoxy) is 4. The average Bonchev–Trinajstić information content (AvgIpc) is 3.04. The molecule has 168 valence electrons. The van der Waals surface area contributed by atoms with Crippen LogP contribution in [0.1, 0.15) is 37.8 Å². The Morgan fingerprint density at radius 2 is 1.39 bits per heavy atom. The third-order valence-corrected chi connectivity index (χ3v) is 5.55. The van der Waals surface area contributed by atoms with Crippen LogP contribution in [0.15, 0.2) is 47.6 Å². The number of benzene rings is 2. The van der Waals surface area contributed by atoms with Gasteiger partial charge in [-0.25, -0.2) is 13.6 Å². The van der Waals surface area contributed by atoms with Gasteiger partial charge < -0.3 is 18.9 Å². The van der Waals surface area contributed by atoms with E-state index in [4.69, 9.17) is 18.9 Å². The Balaban J connectivity index is 1.80. The van der Waals surface area contributed by atoms with E-state index in [9.17, 15) is 23.2 Å². The fraction of sp³-hybridized carbons (Fsp3) is 0.208. The van der Waals surface area contributed by atoms with Crippen molar-refractivity contribution in [2.24, 2.45) is 0 Å². The SMILES string of the molecule is CC(=O)Oc1cc2c(cc1F)C1(OC(=O)C3=CCCC=C31)c1cc(F)c(OC(C)=O)cc1O2. The minimum atomic E-state index is -1.70. The van der Waals surface area contributed by atoms with Gasteiger partial charge in [-0.15, -0.1) is 0 Å². The largest absolute Gasteiger partial charge is 0.456 e. The first kappa shape index (κ1) is 20.9. The van der Waals surface area contributed by atoms with Crippen molar-refractivity contribution in [2.75, 3.05) is 0 Å². The Bertz CT molecular complexity index is 1250. The molecule has 3 aliphatic rings. The van der Waals surface area contributed by atoms with Crippen molar-refractivity contribution in [3.63, 3.8) is 0 Å². The molecule has 2 heterocycles. The summed E-state index contributed by atoms with van der Waals surface area (Å²) < 4.78 is 51.4. The van der Waals surface area contributed by atoms with Gasteiger partial charge in [0.1, 0.15) is 11.5 Å². The number of halogens is 2. The van der Waals surface area contributed by atoms with E-state index in [0.29, 0.717) is 24.0 Å². The second-order valence-corrected chi connectivity index (χ2v) is 7.73. The summed E-state index contributed by atoms with van der Waals surface area (Å²) in [7, 11) is 0. The summed E-state index contributed by atoms with van der Waals surface area (Å²) >= 11 is 0. The number of esters is 3. The quantitative estimate of drug-likeness (QED) is 0.492. The van der Waals surface area contributed by atoms with Crippen LogP contribution in [0.5, 0.6) is 23.0 Å². The monoisotopic (exact) mass is 454 g/mol. The minimum Gasteiger partial charge on any atom is -0.456 e. The summed E-state index contributed by atoms with van der Waals surface area (Å²) in [6, 6.07) is 4.40. The molecule has 0 atom stereocenters. The number of fused-ring (bicyclic) bond motifs is 6. The van der Waals surface area contributed by atoms with Crippen molar-refractivity contribution in [3.05, 3.63) is 70.3 Å². The molecule has 0 bridgehead atoms. The van der Waals surface area contributed by atoms with E-state index >= 15 is 0 Å². The molecule has 0 amide bonds. The highest BCUT2D eigenvalue weighted by Crippen LogP contribution is 2.59. The Hall–Kier alpha value is -4.01. The third-order valence-electron chi connectivity index (χ3n) is 5.55. The molecule has 0 aromatic heterocycles. The smallest absolute Gasteiger partial charge is 0.339 e. The second-order valence-electron chi connectivity index (χ2n) is 7.73. The lowest BCUT2D eigenvalue weighted by Gasteiger charge is -2.37. The lowest BCUT2D eigenvalue weighted by Crippen LogP contribution is -2.33. The van der Waals surface area contributed by atoms with Gasteiger partial charge >= 0.3 is 17.9 Å². The van der Waals surface area contributed by atoms with Crippen molar-refractivity contribution in [1.29, 1.82) is 0 Å². The highest BCUT2D eigenvalue weighted by Gasteiger charge is 2.56. The standard InChI is InChI=1S/C24H16F2O7/c1-11(27)30-21-9-19-15(7-17(21)25)24(14-6-4-3-5-13(14)23(29)33-24)16-8-18(26)22(31-12(2)28)10-20(16)32-19/h5-10H,3-4H2,1-2H3. The van der Waals surface area contributed by atoms with Crippen LogP contribution >= 0.6 is 0 Å². The molecule has 1 spiro atoms. The van der Waals surface area contributed by atoms with Crippen molar-refractivity contribution in [3.8, 4) is 23.0 Å². The third kappa shape index (κ3) is 3.11. The van der Waals surface area contributed by atoms with Crippen molar-refractivity contribution in [2.45, 2.75) is 32.3 Å². The van der Waals surface area contributed by atoms with Gasteiger partial charge in [0, 0.05) is 31.6 Å². The number of carbonyl (C=O) groups excluding carboxylic acids is 3. The van der Waals surface area contributed by atoms with Crippen LogP contribution in [0.4, 0.5) is 8.78 Å². The van der Waals surface area contributed by atoms with E-state index in [1.165, 1.54) is 0 Å². The molecule has 2 aromatic rings. The number of hydrogen-bond donors (Lipinski definition) is 0. The summed E-state index contributed by atoms with van der Waals surface area (Å²) in [5.74, 6) is -4.64. The first-order chi connectivity index (χ1) is 15.7. The summed E-state index contributed by atoms with van der Waals surface area (Å²) in [5, 5.41) is 0. The molecule has 0 radical (unpaired) electrons. The van der Waals surface area contributed by atoms with Crippen LogP contribution in [0.25, 0.3) is 0 Å². The second kappa shape index (κ2) is 7.26. The summed E-state index contributed by atoms with van der Waals surface area (Å²) in [6.45, 7) is 2.24. The van der Waals surface area contributed by atoms with Crippen LogP contribution in [-0.2, 0) is 24.7 Å². The van der Waals surface area contributed by atoms with Crippen molar-refractivity contribution >= 4 is 17.9 Å². The fourth-order valence-electron chi connectivity index (χ4n) is 4.37. The highest BCUT2D eigenvalue weighted by molar-refractivity contribution is 6.00. The van der Waals surface area contributed by atoms with E-state index in [2.05, 4.69) is 0 Å². The van der Waals surface area contributed by atoms with Gasteiger partial charge in [-0.1, -0.05) is 12.2 Å². The molecule has 1 aliphatic carbocycles. The molecule has 0 saturated carbocycles. The highest BCUT2D eigenvalue weighted by atomic mass is 19.1. The number of hydrogen-bond acceptors (Lipinski definition) is 7. The van der Waals surface area contributed by atoms with Gasteiger partial charge in [0.15, 0.2) is 28.7 Å². The van der Waals surface area contributed by atoms with Gasteiger partial charge in [-0.2, -0.15) is 0 Å². The van der Waals surface area contributed by atoms with Gasteiger partial charge in [-0.3, -0.25) is 9.59 Å². The minimum absolute atomic E-state index is 0.0288. The molecular weight excluding hydrogens is 438 g/mol. The molecule has 2 aliphatic heterocycles. The Labute approximate surface area is 186 Å². The zero-order valence-corrected chi connectivity index (χ0v) is 17.5. The van der Waals surface area contributed by atoms with E-state index in [0.717, 1.165) is 38.1 Å². The number of allylic oxidation sites excluding steroid dienone is 2. The molecule has 7 nitrogen and oxygen atoms in total. The predicted molar refractivity (Wildman–Crippen MR) is 108 cm³/mol. The Morgan fingerprint density at radius 3 is 1.91 bits per heavy atom. The molecule has 2 aromatic carbocycles. The van der Waals surface area contributed by atoms with Crippen LogP contribution in [-0.4, -0.2) is 17.9 Å². The van der Waals surface area contributed by atoms with Gasteiger partial charge in [0.25, 0.3) is 0 Å². The first-order valence-corrected chi connectivity index (χ1v) is 10.1. The van der Waals surface area contributed by atoms with E-state index in [1.54, 1.807) is 12.2 Å². The lowest BCUT2D eigenvalue weighted by molar-refractivity contribution is -0.143. The normalized spacial score (nSPS) is 17.0. The summed E-state index contributed by atoms with van der Waals surface area (Å²) in [4.78, 5) is 35.6. The summed E-state index contributed by atoms with van der Waals surface area (Å²) in [6.07, 6.45) is 4.70. The average molecular weight is 454 g/mol. The molecule has 9 heteroatoms. The number of rotatable bonds is 2. The van der Waals surface area contributed by atoms with Gasteiger partial charge in [-0.05, 0) is 25.0 Å². The predicted octanol–water partition coefficient (Wildman–Crippen LogP) is 4.37. The van der Waals surface area contributed by atoms with Crippen molar-refractivity contribution in [1.82, 2.24) is 0 Å². The molecular formula is C24H16F2O7. The maximum absolute atomic E-state index is 14.9. The zero-order valence-electron chi connectivity index (χ0n) is 17.5. The molecule has 5 rings (SSSR count). The van der Waals surface area contributed by atoms with E-state index in [-0.39, 0.29) is 34.1 Å². The van der Waals surface area contributed by atoms with Gasteiger partial charge in [0.2, 0.25) is 0 Å². The summed E-state index contributed by atoms with van der Waals surface area (Å²) in [5.41, 5.74) is -0.754. The molecule has 1 fully saturated rings. The van der Waals surface area contributed by atoms with E-state index < -0.39 is 35.1 Å². The zero-order chi connectivity index (χ0) is 23.5. The molecule has 0 unspecified atom stereocenters.